The SMILES string of the molecule is CCOc1ccc(C(=O)NC2(CBr)CCCCC2)cc1. The highest BCUT2D eigenvalue weighted by molar-refractivity contribution is 9.09. The Morgan fingerprint density at radius 2 is 1.90 bits per heavy atom. The molecule has 1 amide bonds. The van der Waals surface area contributed by atoms with Crippen LogP contribution >= 0.6 is 15.9 Å². The number of nitrogens with one attached hydrogen (secondary N) is 1. The summed E-state index contributed by atoms with van der Waals surface area (Å²) in [5.41, 5.74) is 0.618. The monoisotopic (exact) mass is 339 g/mol. The molecule has 1 aromatic rings. The van der Waals surface area contributed by atoms with Gasteiger partial charge >= 0.3 is 0 Å². The number of rotatable bonds is 5. The maximum absolute atomic E-state index is 12.4. The van der Waals surface area contributed by atoms with E-state index in [-0.39, 0.29) is 11.4 Å². The molecule has 0 atom stereocenters. The molecule has 1 saturated carbocycles. The van der Waals surface area contributed by atoms with Crippen LogP contribution in [0.15, 0.2) is 24.3 Å². The molecule has 0 unspecified atom stereocenters. The zero-order valence-corrected chi connectivity index (χ0v) is 13.5. The van der Waals surface area contributed by atoms with E-state index in [2.05, 4.69) is 21.2 Å². The van der Waals surface area contributed by atoms with Crippen molar-refractivity contribution in [2.45, 2.75) is 44.6 Å². The molecule has 0 heterocycles. The van der Waals surface area contributed by atoms with Crippen LogP contribution in [-0.4, -0.2) is 23.4 Å². The molecule has 20 heavy (non-hydrogen) atoms. The molecular weight excluding hydrogens is 318 g/mol. The largest absolute Gasteiger partial charge is 0.494 e. The molecule has 0 saturated heterocycles. The molecule has 1 N–H and O–H groups in total. The molecule has 0 aromatic heterocycles. The molecule has 1 aromatic carbocycles. The van der Waals surface area contributed by atoms with Crippen molar-refractivity contribution in [3.63, 3.8) is 0 Å². The van der Waals surface area contributed by atoms with Gasteiger partial charge in [-0.1, -0.05) is 35.2 Å². The summed E-state index contributed by atoms with van der Waals surface area (Å²) in [6.07, 6.45) is 5.76. The van der Waals surface area contributed by atoms with Gasteiger partial charge < -0.3 is 10.1 Å². The average molecular weight is 340 g/mol. The van der Waals surface area contributed by atoms with Crippen molar-refractivity contribution in [3.05, 3.63) is 29.8 Å². The maximum Gasteiger partial charge on any atom is 0.251 e. The number of amides is 1. The third-order valence-corrected chi connectivity index (χ3v) is 4.95. The number of carbonyl (C=O) groups is 1. The first kappa shape index (κ1) is 15.4. The molecule has 0 radical (unpaired) electrons. The molecule has 0 aliphatic heterocycles. The van der Waals surface area contributed by atoms with Crippen LogP contribution in [0.3, 0.4) is 0 Å². The number of hydrogen-bond donors (Lipinski definition) is 1. The lowest BCUT2D eigenvalue weighted by molar-refractivity contribution is 0.0886. The Labute approximate surface area is 129 Å². The van der Waals surface area contributed by atoms with E-state index in [9.17, 15) is 4.79 Å². The fraction of sp³-hybridized carbons (Fsp3) is 0.562. The lowest BCUT2D eigenvalue weighted by atomic mass is 9.83. The van der Waals surface area contributed by atoms with E-state index in [1.54, 1.807) is 0 Å². The molecule has 1 aliphatic rings. The quantitative estimate of drug-likeness (QED) is 0.826. The van der Waals surface area contributed by atoms with Crippen molar-refractivity contribution >= 4 is 21.8 Å². The second kappa shape index (κ2) is 7.11. The van der Waals surface area contributed by atoms with Crippen LogP contribution in [0, 0.1) is 0 Å². The molecule has 110 valence electrons. The number of hydrogen-bond acceptors (Lipinski definition) is 2. The Bertz CT molecular complexity index is 438. The highest BCUT2D eigenvalue weighted by atomic mass is 79.9. The Balaban J connectivity index is 2.03. The number of carbonyl (C=O) groups excluding carboxylic acids is 1. The summed E-state index contributed by atoms with van der Waals surface area (Å²) in [6.45, 7) is 2.59. The van der Waals surface area contributed by atoms with E-state index < -0.39 is 0 Å². The lowest BCUT2D eigenvalue weighted by Crippen LogP contribution is -2.51. The summed E-state index contributed by atoms with van der Waals surface area (Å²) < 4.78 is 5.39. The van der Waals surface area contributed by atoms with Crippen molar-refractivity contribution in [3.8, 4) is 5.75 Å². The number of benzene rings is 1. The van der Waals surface area contributed by atoms with Crippen LogP contribution < -0.4 is 10.1 Å². The summed E-state index contributed by atoms with van der Waals surface area (Å²) in [7, 11) is 0. The molecule has 4 heteroatoms. The first-order valence-electron chi connectivity index (χ1n) is 7.30. The summed E-state index contributed by atoms with van der Waals surface area (Å²) in [5.74, 6) is 0.811. The van der Waals surface area contributed by atoms with Crippen LogP contribution in [0.1, 0.15) is 49.4 Å². The predicted molar refractivity (Wildman–Crippen MR) is 84.7 cm³/mol. The van der Waals surface area contributed by atoms with Gasteiger partial charge in [0.25, 0.3) is 5.91 Å². The second-order valence-corrected chi connectivity index (χ2v) is 5.95. The summed E-state index contributed by atoms with van der Waals surface area (Å²) in [6, 6.07) is 7.34. The van der Waals surface area contributed by atoms with Gasteiger partial charge in [-0.2, -0.15) is 0 Å². The van der Waals surface area contributed by atoms with Crippen LogP contribution in [0.2, 0.25) is 0 Å². The Morgan fingerprint density at radius 1 is 1.25 bits per heavy atom. The third kappa shape index (κ3) is 3.75. The van der Waals surface area contributed by atoms with Gasteiger partial charge in [-0.3, -0.25) is 4.79 Å². The molecular formula is C16H22BrNO2. The van der Waals surface area contributed by atoms with Crippen LogP contribution in [0.25, 0.3) is 0 Å². The normalized spacial score (nSPS) is 17.5. The number of alkyl halides is 1. The van der Waals surface area contributed by atoms with E-state index in [0.717, 1.165) is 23.9 Å². The topological polar surface area (TPSA) is 38.3 Å². The van der Waals surface area contributed by atoms with Crippen molar-refractivity contribution in [2.24, 2.45) is 0 Å². The molecule has 1 aliphatic carbocycles. The maximum atomic E-state index is 12.4. The summed E-state index contributed by atoms with van der Waals surface area (Å²) in [5, 5.41) is 4.05. The Morgan fingerprint density at radius 3 is 2.45 bits per heavy atom. The highest BCUT2D eigenvalue weighted by Gasteiger charge is 2.32. The van der Waals surface area contributed by atoms with Crippen LogP contribution in [0.5, 0.6) is 5.75 Å². The van der Waals surface area contributed by atoms with Crippen LogP contribution in [0.4, 0.5) is 0 Å². The van der Waals surface area contributed by atoms with Crippen molar-refractivity contribution < 1.29 is 9.53 Å². The standard InChI is InChI=1S/C16H22BrNO2/c1-2-20-14-8-6-13(7-9-14)15(19)18-16(12-17)10-4-3-5-11-16/h6-9H,2-5,10-12H2,1H3,(H,18,19). The average Bonchev–Trinajstić information content (AvgIpc) is 2.49. The first-order chi connectivity index (χ1) is 9.69. The van der Waals surface area contributed by atoms with E-state index >= 15 is 0 Å². The summed E-state index contributed by atoms with van der Waals surface area (Å²) in [4.78, 5) is 12.4. The van der Waals surface area contributed by atoms with Gasteiger partial charge in [-0.15, -0.1) is 0 Å². The lowest BCUT2D eigenvalue weighted by Gasteiger charge is -2.36. The summed E-state index contributed by atoms with van der Waals surface area (Å²) >= 11 is 3.57. The van der Waals surface area contributed by atoms with Gasteiger partial charge in [0, 0.05) is 10.9 Å². The van der Waals surface area contributed by atoms with E-state index in [0.29, 0.717) is 12.2 Å². The molecule has 1 fully saturated rings. The molecule has 0 spiro atoms. The Hall–Kier alpha value is -1.03. The predicted octanol–water partition coefficient (Wildman–Crippen LogP) is 3.91. The Kier molecular flexibility index (Phi) is 5.46. The van der Waals surface area contributed by atoms with E-state index in [1.165, 1.54) is 19.3 Å². The fourth-order valence-electron chi connectivity index (χ4n) is 2.70. The molecule has 2 rings (SSSR count). The van der Waals surface area contributed by atoms with Crippen LogP contribution in [-0.2, 0) is 0 Å². The zero-order valence-electron chi connectivity index (χ0n) is 12.0. The van der Waals surface area contributed by atoms with Gasteiger partial charge in [0.1, 0.15) is 5.75 Å². The minimum absolute atomic E-state index is 0.00870. The second-order valence-electron chi connectivity index (χ2n) is 5.39. The van der Waals surface area contributed by atoms with Crippen molar-refractivity contribution in [1.29, 1.82) is 0 Å². The van der Waals surface area contributed by atoms with Gasteiger partial charge in [0.15, 0.2) is 0 Å². The third-order valence-electron chi connectivity index (χ3n) is 3.87. The number of halogens is 1. The smallest absolute Gasteiger partial charge is 0.251 e. The zero-order chi connectivity index (χ0) is 14.4. The van der Waals surface area contributed by atoms with Gasteiger partial charge in [-0.25, -0.2) is 0 Å². The minimum atomic E-state index is -0.0755. The highest BCUT2D eigenvalue weighted by Crippen LogP contribution is 2.30. The first-order valence-corrected chi connectivity index (χ1v) is 8.42. The van der Waals surface area contributed by atoms with Crippen molar-refractivity contribution in [1.82, 2.24) is 5.32 Å². The fourth-order valence-corrected chi connectivity index (χ4v) is 3.40. The molecule has 0 bridgehead atoms. The van der Waals surface area contributed by atoms with E-state index in [1.807, 2.05) is 31.2 Å². The van der Waals surface area contributed by atoms with Crippen molar-refractivity contribution in [2.75, 3.05) is 11.9 Å². The van der Waals surface area contributed by atoms with E-state index in [4.69, 9.17) is 4.74 Å². The number of ether oxygens (including phenoxy) is 1. The van der Waals surface area contributed by atoms with Gasteiger partial charge in [0.05, 0.1) is 12.1 Å². The van der Waals surface area contributed by atoms with Gasteiger partial charge in [-0.05, 0) is 44.0 Å². The minimum Gasteiger partial charge on any atom is -0.494 e. The molecule has 3 nitrogen and oxygen atoms in total. The van der Waals surface area contributed by atoms with Gasteiger partial charge in [0.2, 0.25) is 0 Å².